The average molecular weight is 367 g/mol. The van der Waals surface area contributed by atoms with Crippen LogP contribution in [0.5, 0.6) is 11.5 Å². The quantitative estimate of drug-likeness (QED) is 0.757. The number of rotatable bonds is 4. The monoisotopic (exact) mass is 367 g/mol. The van der Waals surface area contributed by atoms with Crippen LogP contribution in [0.1, 0.15) is 18.1 Å². The third-order valence-corrected chi connectivity index (χ3v) is 4.76. The Morgan fingerprint density at radius 2 is 2.07 bits per heavy atom. The molecular weight excluding hydrogens is 345 g/mol. The van der Waals surface area contributed by atoms with Crippen molar-refractivity contribution in [2.24, 2.45) is 0 Å². The van der Waals surface area contributed by atoms with Crippen molar-refractivity contribution >= 4 is 0 Å². The molecule has 5 nitrogen and oxygen atoms in total. The summed E-state index contributed by atoms with van der Waals surface area (Å²) in [6.07, 6.45) is 1.89. The van der Waals surface area contributed by atoms with Crippen molar-refractivity contribution in [2.45, 2.75) is 26.1 Å². The number of hydrogen-bond acceptors (Lipinski definition) is 4. The van der Waals surface area contributed by atoms with Crippen LogP contribution in [0.25, 0.3) is 11.3 Å². The van der Waals surface area contributed by atoms with Gasteiger partial charge in [-0.25, -0.2) is 4.39 Å². The molecule has 0 bridgehead atoms. The second-order valence-corrected chi connectivity index (χ2v) is 6.85. The van der Waals surface area contributed by atoms with Crippen molar-refractivity contribution in [3.05, 3.63) is 65.6 Å². The molecule has 2 heterocycles. The number of ether oxygens (including phenoxy) is 2. The van der Waals surface area contributed by atoms with Gasteiger partial charge in [-0.3, -0.25) is 10.00 Å². The third kappa shape index (κ3) is 3.80. The zero-order valence-electron chi connectivity index (χ0n) is 15.4. The summed E-state index contributed by atoms with van der Waals surface area (Å²) in [6, 6.07) is 12.4. The molecule has 0 spiro atoms. The number of nitrogens with one attached hydrogen (secondary N) is 1. The van der Waals surface area contributed by atoms with E-state index in [9.17, 15) is 4.39 Å². The van der Waals surface area contributed by atoms with Gasteiger partial charge in [0.2, 0.25) is 0 Å². The lowest BCUT2D eigenvalue weighted by Crippen LogP contribution is -2.30. The van der Waals surface area contributed by atoms with Crippen molar-refractivity contribution in [2.75, 3.05) is 13.7 Å². The van der Waals surface area contributed by atoms with E-state index in [1.165, 1.54) is 12.1 Å². The van der Waals surface area contributed by atoms with Crippen molar-refractivity contribution in [1.82, 2.24) is 15.1 Å². The summed E-state index contributed by atoms with van der Waals surface area (Å²) < 4.78 is 24.6. The van der Waals surface area contributed by atoms with E-state index < -0.39 is 0 Å². The molecule has 1 aromatic heterocycles. The predicted molar refractivity (Wildman–Crippen MR) is 101 cm³/mol. The van der Waals surface area contributed by atoms with Gasteiger partial charge in [0.25, 0.3) is 0 Å². The summed E-state index contributed by atoms with van der Waals surface area (Å²) in [5, 5.41) is 7.25. The zero-order chi connectivity index (χ0) is 18.8. The van der Waals surface area contributed by atoms with Crippen LogP contribution in [-0.4, -0.2) is 34.9 Å². The number of nitrogens with zero attached hydrogens (tertiary/aromatic N) is 2. The van der Waals surface area contributed by atoms with Crippen molar-refractivity contribution in [3.8, 4) is 22.8 Å². The van der Waals surface area contributed by atoms with Gasteiger partial charge in [-0.15, -0.1) is 0 Å². The van der Waals surface area contributed by atoms with Crippen LogP contribution >= 0.6 is 0 Å². The van der Waals surface area contributed by atoms with E-state index in [0.717, 1.165) is 53.5 Å². The maximum Gasteiger partial charge on any atom is 0.127 e. The lowest BCUT2D eigenvalue weighted by Gasteiger charge is -2.21. The van der Waals surface area contributed by atoms with Crippen LogP contribution in [0.3, 0.4) is 0 Å². The van der Waals surface area contributed by atoms with E-state index in [0.29, 0.717) is 0 Å². The van der Waals surface area contributed by atoms with Crippen LogP contribution in [0, 0.1) is 5.82 Å². The molecular formula is C21H22FN3O2. The molecule has 3 aromatic rings. The molecule has 6 heteroatoms. The van der Waals surface area contributed by atoms with Crippen LogP contribution in [0.2, 0.25) is 0 Å². The Morgan fingerprint density at radius 3 is 2.85 bits per heavy atom. The number of H-pyrrole nitrogens is 1. The maximum absolute atomic E-state index is 13.2. The van der Waals surface area contributed by atoms with Gasteiger partial charge in [0.1, 0.15) is 23.4 Å². The normalized spacial score (nSPS) is 17.1. The smallest absolute Gasteiger partial charge is 0.127 e. The molecule has 1 aliphatic heterocycles. The molecule has 140 valence electrons. The van der Waals surface area contributed by atoms with Gasteiger partial charge in [-0.1, -0.05) is 6.07 Å². The molecule has 0 saturated carbocycles. The van der Waals surface area contributed by atoms with E-state index in [1.54, 1.807) is 19.2 Å². The van der Waals surface area contributed by atoms with Crippen molar-refractivity contribution < 1.29 is 13.9 Å². The van der Waals surface area contributed by atoms with Gasteiger partial charge in [0.05, 0.1) is 19.0 Å². The Bertz CT molecular complexity index is 923. The van der Waals surface area contributed by atoms with Crippen LogP contribution in [-0.2, 0) is 13.1 Å². The van der Waals surface area contributed by atoms with Gasteiger partial charge < -0.3 is 9.47 Å². The molecule has 0 amide bonds. The first kappa shape index (κ1) is 17.5. The number of halogens is 1. The largest absolute Gasteiger partial charge is 0.497 e. The number of aromatic nitrogens is 2. The standard InChI is InChI=1S/C21H22FN3O2/c1-14-11-25(12-16-5-8-19(26-2)9-20(16)27-14)13-17-10-23-24-21(17)15-3-6-18(22)7-4-15/h3-10,14H,11-13H2,1-2H3,(H,23,24)/t14-/m1/s1. The summed E-state index contributed by atoms with van der Waals surface area (Å²) in [7, 11) is 1.66. The number of fused-ring (bicyclic) bond motifs is 1. The maximum atomic E-state index is 13.2. The fourth-order valence-electron chi connectivity index (χ4n) is 3.48. The Hall–Kier alpha value is -2.86. The first-order chi connectivity index (χ1) is 13.1. The molecule has 4 rings (SSSR count). The minimum absolute atomic E-state index is 0.0551. The first-order valence-electron chi connectivity index (χ1n) is 8.96. The Labute approximate surface area is 157 Å². The number of hydrogen-bond donors (Lipinski definition) is 1. The third-order valence-electron chi connectivity index (χ3n) is 4.76. The van der Waals surface area contributed by atoms with E-state index in [1.807, 2.05) is 18.3 Å². The highest BCUT2D eigenvalue weighted by Gasteiger charge is 2.22. The lowest BCUT2D eigenvalue weighted by atomic mass is 10.1. The molecule has 0 fully saturated rings. The van der Waals surface area contributed by atoms with Crippen LogP contribution < -0.4 is 9.47 Å². The highest BCUT2D eigenvalue weighted by Crippen LogP contribution is 2.31. The summed E-state index contributed by atoms with van der Waals surface area (Å²) >= 11 is 0. The molecule has 0 unspecified atom stereocenters. The van der Waals surface area contributed by atoms with E-state index >= 15 is 0 Å². The van der Waals surface area contributed by atoms with Gasteiger partial charge in [0, 0.05) is 42.4 Å². The van der Waals surface area contributed by atoms with E-state index in [-0.39, 0.29) is 11.9 Å². The summed E-state index contributed by atoms with van der Waals surface area (Å²) in [5.74, 6) is 1.42. The second-order valence-electron chi connectivity index (χ2n) is 6.85. The highest BCUT2D eigenvalue weighted by atomic mass is 19.1. The summed E-state index contributed by atoms with van der Waals surface area (Å²) in [4.78, 5) is 2.33. The SMILES string of the molecule is COc1ccc2c(c1)O[C@H](C)CN(Cc1cn[nH]c1-c1ccc(F)cc1)C2. The molecule has 27 heavy (non-hydrogen) atoms. The molecule has 2 aromatic carbocycles. The van der Waals surface area contributed by atoms with Crippen molar-refractivity contribution in [1.29, 1.82) is 0 Å². The Morgan fingerprint density at radius 1 is 1.26 bits per heavy atom. The molecule has 0 aliphatic carbocycles. The molecule has 0 saturated heterocycles. The topological polar surface area (TPSA) is 50.4 Å². The summed E-state index contributed by atoms with van der Waals surface area (Å²) in [6.45, 7) is 4.36. The minimum Gasteiger partial charge on any atom is -0.497 e. The second kappa shape index (κ2) is 7.40. The molecule has 1 N–H and O–H groups in total. The number of aromatic amines is 1. The molecule has 1 atom stereocenters. The summed E-state index contributed by atoms with van der Waals surface area (Å²) in [5.41, 5.74) is 4.05. The highest BCUT2D eigenvalue weighted by molar-refractivity contribution is 5.62. The van der Waals surface area contributed by atoms with E-state index in [4.69, 9.17) is 9.47 Å². The average Bonchev–Trinajstić information content (AvgIpc) is 3.04. The lowest BCUT2D eigenvalue weighted by molar-refractivity contribution is 0.156. The van der Waals surface area contributed by atoms with Crippen molar-refractivity contribution in [3.63, 3.8) is 0 Å². The molecule has 0 radical (unpaired) electrons. The van der Waals surface area contributed by atoms with Crippen LogP contribution in [0.15, 0.2) is 48.7 Å². The van der Waals surface area contributed by atoms with Gasteiger partial charge in [-0.05, 0) is 37.3 Å². The number of methoxy groups -OCH3 is 1. The van der Waals surface area contributed by atoms with Gasteiger partial charge >= 0.3 is 0 Å². The zero-order valence-corrected chi connectivity index (χ0v) is 15.4. The minimum atomic E-state index is -0.245. The van der Waals surface area contributed by atoms with Gasteiger partial charge in [0.15, 0.2) is 0 Å². The Balaban J connectivity index is 1.58. The Kier molecular flexibility index (Phi) is 4.81. The fraction of sp³-hybridized carbons (Fsp3) is 0.286. The van der Waals surface area contributed by atoms with Crippen LogP contribution in [0.4, 0.5) is 4.39 Å². The fourth-order valence-corrected chi connectivity index (χ4v) is 3.48. The number of benzene rings is 2. The first-order valence-corrected chi connectivity index (χ1v) is 8.96. The predicted octanol–water partition coefficient (Wildman–Crippen LogP) is 4.01. The molecule has 1 aliphatic rings. The van der Waals surface area contributed by atoms with Gasteiger partial charge in [-0.2, -0.15) is 5.10 Å². The van der Waals surface area contributed by atoms with E-state index in [2.05, 4.69) is 28.1 Å².